The lowest BCUT2D eigenvalue weighted by molar-refractivity contribution is -0.538. The van der Waals surface area contributed by atoms with Gasteiger partial charge >= 0.3 is 0 Å². The number of anilines is 1. The quantitative estimate of drug-likeness (QED) is 0.387. The number of para-hydroxylation sites is 1. The zero-order chi connectivity index (χ0) is 17.6. The molecule has 1 heterocycles. The van der Waals surface area contributed by atoms with Gasteiger partial charge in [0.25, 0.3) is 0 Å². The first-order valence-corrected chi connectivity index (χ1v) is 8.61. The van der Waals surface area contributed by atoms with Crippen LogP contribution in [-0.4, -0.2) is 19.1 Å². The van der Waals surface area contributed by atoms with E-state index in [2.05, 4.69) is 45.9 Å². The average molecular weight is 349 g/mol. The summed E-state index contributed by atoms with van der Waals surface area (Å²) in [5, 5.41) is 0.752. The number of benzene rings is 3. The fraction of sp³-hybridized carbons (Fsp3) is 0.143. The van der Waals surface area contributed by atoms with Crippen molar-refractivity contribution in [3.8, 4) is 5.69 Å². The van der Waals surface area contributed by atoms with Gasteiger partial charge in [-0.3, -0.25) is 0 Å². The highest BCUT2D eigenvalue weighted by atomic mass is 35.5. The molecule has 4 heteroatoms. The Morgan fingerprint density at radius 1 is 0.880 bits per heavy atom. The molecule has 0 N–H and O–H groups in total. The molecular formula is C21H19ClN3+. The molecule has 3 nitrogen and oxygen atoms in total. The van der Waals surface area contributed by atoms with Gasteiger partial charge in [-0.1, -0.05) is 29.8 Å². The molecule has 0 radical (unpaired) electrons. The molecule has 0 aliphatic heterocycles. The van der Waals surface area contributed by atoms with Crippen LogP contribution in [0.1, 0.15) is 5.56 Å². The second-order valence-corrected chi connectivity index (χ2v) is 6.85. The van der Waals surface area contributed by atoms with Crippen molar-refractivity contribution in [3.05, 3.63) is 71.2 Å². The first-order chi connectivity index (χ1) is 12.0. The molecule has 3 aromatic carbocycles. The number of rotatable bonds is 2. The van der Waals surface area contributed by atoms with Crippen LogP contribution in [0.5, 0.6) is 0 Å². The van der Waals surface area contributed by atoms with E-state index in [4.69, 9.17) is 16.6 Å². The van der Waals surface area contributed by atoms with Crippen LogP contribution in [0.3, 0.4) is 0 Å². The molecular weight excluding hydrogens is 330 g/mol. The van der Waals surface area contributed by atoms with Gasteiger partial charge in [-0.2, -0.15) is 0 Å². The third kappa shape index (κ3) is 2.71. The van der Waals surface area contributed by atoms with Crippen LogP contribution in [0, 0.1) is 6.92 Å². The summed E-state index contributed by atoms with van der Waals surface area (Å²) < 4.78 is 2.23. The number of aryl methyl sites for hydroxylation is 1. The topological polar surface area (TPSA) is 20.0 Å². The predicted molar refractivity (Wildman–Crippen MR) is 105 cm³/mol. The second-order valence-electron chi connectivity index (χ2n) is 6.44. The van der Waals surface area contributed by atoms with Gasteiger partial charge in [-0.15, -0.1) is 4.57 Å². The Hall–Kier alpha value is -2.65. The summed E-state index contributed by atoms with van der Waals surface area (Å²) in [5.74, 6) is 0. The number of nitrogens with zero attached hydrogens (tertiary/aromatic N) is 3. The smallest absolute Gasteiger partial charge is 0.239 e. The van der Waals surface area contributed by atoms with Crippen molar-refractivity contribution in [1.82, 2.24) is 4.98 Å². The van der Waals surface area contributed by atoms with Gasteiger partial charge in [0.15, 0.2) is 0 Å². The summed E-state index contributed by atoms with van der Waals surface area (Å²) in [4.78, 5) is 6.97. The largest absolute Gasteiger partial charge is 0.377 e. The minimum absolute atomic E-state index is 0.752. The van der Waals surface area contributed by atoms with E-state index in [9.17, 15) is 0 Å². The SMILES string of the molecule is Cc1cc2nc3ccc(N(C)C)cc3[n+](-c3ccccc3)c2cc1Cl. The van der Waals surface area contributed by atoms with E-state index in [1.165, 1.54) is 0 Å². The summed E-state index contributed by atoms with van der Waals surface area (Å²) in [6.07, 6.45) is 0. The van der Waals surface area contributed by atoms with Crippen molar-refractivity contribution in [3.63, 3.8) is 0 Å². The third-order valence-corrected chi connectivity index (χ3v) is 4.88. The molecule has 0 bridgehead atoms. The molecule has 0 atom stereocenters. The minimum Gasteiger partial charge on any atom is -0.377 e. The van der Waals surface area contributed by atoms with Crippen LogP contribution in [0.15, 0.2) is 60.7 Å². The fourth-order valence-corrected chi connectivity index (χ4v) is 3.26. The zero-order valence-electron chi connectivity index (χ0n) is 14.5. The molecule has 0 amide bonds. The third-order valence-electron chi connectivity index (χ3n) is 4.47. The first kappa shape index (κ1) is 15.9. The molecule has 0 saturated carbocycles. The molecule has 25 heavy (non-hydrogen) atoms. The Labute approximate surface area is 152 Å². The van der Waals surface area contributed by atoms with Crippen LogP contribution in [-0.2, 0) is 0 Å². The molecule has 0 unspecified atom stereocenters. The molecule has 0 fully saturated rings. The summed E-state index contributed by atoms with van der Waals surface area (Å²) in [5.41, 5.74) is 7.23. The Kier molecular flexibility index (Phi) is 3.81. The number of halogens is 1. The van der Waals surface area contributed by atoms with E-state index < -0.39 is 0 Å². The van der Waals surface area contributed by atoms with E-state index in [0.717, 1.165) is 44.0 Å². The van der Waals surface area contributed by atoms with Gasteiger partial charge in [-0.25, -0.2) is 4.98 Å². The number of hydrogen-bond acceptors (Lipinski definition) is 2. The van der Waals surface area contributed by atoms with Crippen LogP contribution in [0.2, 0.25) is 5.02 Å². The van der Waals surface area contributed by atoms with Gasteiger partial charge in [0, 0.05) is 44.0 Å². The van der Waals surface area contributed by atoms with Crippen molar-refractivity contribution in [1.29, 1.82) is 0 Å². The Balaban J connectivity index is 2.20. The van der Waals surface area contributed by atoms with Gasteiger partial charge in [0.05, 0.1) is 5.02 Å². The van der Waals surface area contributed by atoms with E-state index >= 15 is 0 Å². The monoisotopic (exact) mass is 348 g/mol. The molecule has 4 rings (SSSR count). The Morgan fingerprint density at radius 2 is 1.60 bits per heavy atom. The highest BCUT2D eigenvalue weighted by molar-refractivity contribution is 6.32. The van der Waals surface area contributed by atoms with Crippen molar-refractivity contribution < 1.29 is 4.57 Å². The standard InChI is InChI=1S/C21H19ClN3/c1-14-11-19-21(13-17(14)22)25(15-7-5-4-6-8-15)20-12-16(24(2)3)9-10-18(20)23-19/h4-13H,1-3H3/q+1. The minimum atomic E-state index is 0.752. The Bertz CT molecular complexity index is 1090. The van der Waals surface area contributed by atoms with Crippen molar-refractivity contribution in [2.75, 3.05) is 19.0 Å². The fourth-order valence-electron chi connectivity index (χ4n) is 3.10. The van der Waals surface area contributed by atoms with Crippen molar-refractivity contribution in [2.45, 2.75) is 6.92 Å². The second kappa shape index (κ2) is 6.01. The lowest BCUT2D eigenvalue weighted by Crippen LogP contribution is -2.33. The molecule has 0 spiro atoms. The molecule has 0 aliphatic rings. The highest BCUT2D eigenvalue weighted by Gasteiger charge is 2.21. The van der Waals surface area contributed by atoms with E-state index in [1.54, 1.807) is 0 Å². The maximum absolute atomic E-state index is 6.43. The van der Waals surface area contributed by atoms with Crippen molar-refractivity contribution >= 4 is 39.4 Å². The van der Waals surface area contributed by atoms with Gasteiger partial charge in [0.1, 0.15) is 11.0 Å². The van der Waals surface area contributed by atoms with Crippen LogP contribution < -0.4 is 9.47 Å². The predicted octanol–water partition coefficient (Wildman–Crippen LogP) is 4.69. The summed E-state index contributed by atoms with van der Waals surface area (Å²) in [6.45, 7) is 2.01. The number of hydrogen-bond donors (Lipinski definition) is 0. The first-order valence-electron chi connectivity index (χ1n) is 8.23. The number of aromatic nitrogens is 2. The van der Waals surface area contributed by atoms with Crippen molar-refractivity contribution in [2.24, 2.45) is 0 Å². The highest BCUT2D eigenvalue weighted by Crippen LogP contribution is 2.25. The lowest BCUT2D eigenvalue weighted by Gasteiger charge is -2.13. The van der Waals surface area contributed by atoms with Crippen LogP contribution in [0.4, 0.5) is 5.69 Å². The molecule has 0 aliphatic carbocycles. The van der Waals surface area contributed by atoms with E-state index in [1.807, 2.05) is 45.3 Å². The maximum atomic E-state index is 6.43. The normalized spacial score (nSPS) is 11.2. The summed E-state index contributed by atoms with van der Waals surface area (Å²) in [6, 6.07) is 20.7. The zero-order valence-corrected chi connectivity index (χ0v) is 15.2. The van der Waals surface area contributed by atoms with Gasteiger partial charge in [0.2, 0.25) is 16.7 Å². The van der Waals surface area contributed by atoms with Gasteiger partial charge < -0.3 is 4.90 Å². The summed E-state index contributed by atoms with van der Waals surface area (Å²) in [7, 11) is 4.09. The molecule has 1 aromatic heterocycles. The molecule has 4 aromatic rings. The number of fused-ring (bicyclic) bond motifs is 2. The summed E-state index contributed by atoms with van der Waals surface area (Å²) >= 11 is 6.43. The van der Waals surface area contributed by atoms with Gasteiger partial charge in [-0.05, 0) is 30.7 Å². The van der Waals surface area contributed by atoms with E-state index in [-0.39, 0.29) is 0 Å². The maximum Gasteiger partial charge on any atom is 0.239 e. The van der Waals surface area contributed by atoms with Crippen LogP contribution >= 0.6 is 11.6 Å². The molecule has 124 valence electrons. The van der Waals surface area contributed by atoms with E-state index in [0.29, 0.717) is 0 Å². The average Bonchev–Trinajstić information content (AvgIpc) is 2.61. The Morgan fingerprint density at radius 3 is 2.32 bits per heavy atom. The molecule has 0 saturated heterocycles. The van der Waals surface area contributed by atoms with Crippen LogP contribution in [0.25, 0.3) is 27.8 Å². The lowest BCUT2D eigenvalue weighted by atomic mass is 10.1.